The van der Waals surface area contributed by atoms with Gasteiger partial charge in [0.1, 0.15) is 0 Å². The number of rotatable bonds is 5. The van der Waals surface area contributed by atoms with Crippen LogP contribution in [0.4, 0.5) is 0 Å². The normalized spacial score (nSPS) is 14.0. The summed E-state index contributed by atoms with van der Waals surface area (Å²) >= 11 is 0. The quantitative estimate of drug-likeness (QED) is 0.909. The SMILES string of the molecule is Cc1ccc(S(=O)C(CCN)c2ccccc2)cc1. The second-order valence-corrected chi connectivity index (χ2v) is 6.22. The molecule has 0 saturated heterocycles. The molecular weight excluding hydrogens is 254 g/mol. The molecular formula is C16H19NOS. The lowest BCUT2D eigenvalue weighted by molar-refractivity contribution is 0.664. The minimum absolute atomic E-state index is 0.0334. The maximum Gasteiger partial charge on any atom is 0.0655 e. The molecule has 0 bridgehead atoms. The molecule has 3 heteroatoms. The first kappa shape index (κ1) is 14.0. The van der Waals surface area contributed by atoms with E-state index in [9.17, 15) is 4.21 Å². The maximum atomic E-state index is 12.7. The predicted octanol–water partition coefficient (Wildman–Crippen LogP) is 3.19. The first-order chi connectivity index (χ1) is 9.22. The van der Waals surface area contributed by atoms with Gasteiger partial charge < -0.3 is 5.73 Å². The summed E-state index contributed by atoms with van der Waals surface area (Å²) in [5.74, 6) is 0. The summed E-state index contributed by atoms with van der Waals surface area (Å²) in [6.45, 7) is 2.57. The molecule has 0 aromatic heterocycles. The van der Waals surface area contributed by atoms with Gasteiger partial charge in [0.15, 0.2) is 0 Å². The Bertz CT molecular complexity index is 536. The third-order valence-electron chi connectivity index (χ3n) is 3.11. The largest absolute Gasteiger partial charge is 0.330 e. The molecule has 2 atom stereocenters. The molecule has 0 aliphatic carbocycles. The Morgan fingerprint density at radius 3 is 2.26 bits per heavy atom. The summed E-state index contributed by atoms with van der Waals surface area (Å²) in [5.41, 5.74) is 7.94. The number of hydrogen-bond acceptors (Lipinski definition) is 2. The molecule has 2 unspecified atom stereocenters. The number of nitrogens with two attached hydrogens (primary N) is 1. The molecule has 0 fully saturated rings. The minimum Gasteiger partial charge on any atom is -0.330 e. The summed E-state index contributed by atoms with van der Waals surface area (Å²) in [6.07, 6.45) is 0.727. The smallest absolute Gasteiger partial charge is 0.0655 e. The number of hydrogen-bond donors (Lipinski definition) is 1. The molecule has 0 aliphatic rings. The highest BCUT2D eigenvalue weighted by Crippen LogP contribution is 2.27. The van der Waals surface area contributed by atoms with Gasteiger partial charge in [0.25, 0.3) is 0 Å². The Labute approximate surface area is 117 Å². The van der Waals surface area contributed by atoms with E-state index < -0.39 is 10.8 Å². The van der Waals surface area contributed by atoms with Gasteiger partial charge in [-0.3, -0.25) is 4.21 Å². The summed E-state index contributed by atoms with van der Waals surface area (Å²) in [5, 5.41) is -0.0334. The van der Waals surface area contributed by atoms with Crippen molar-refractivity contribution in [1.82, 2.24) is 0 Å². The van der Waals surface area contributed by atoms with Crippen molar-refractivity contribution in [3.05, 3.63) is 65.7 Å². The van der Waals surface area contributed by atoms with Crippen molar-refractivity contribution >= 4 is 10.8 Å². The van der Waals surface area contributed by atoms with Gasteiger partial charge in [-0.2, -0.15) is 0 Å². The van der Waals surface area contributed by atoms with Gasteiger partial charge in [-0.25, -0.2) is 0 Å². The zero-order chi connectivity index (χ0) is 13.7. The van der Waals surface area contributed by atoms with Gasteiger partial charge >= 0.3 is 0 Å². The van der Waals surface area contributed by atoms with Crippen LogP contribution in [0.2, 0.25) is 0 Å². The first-order valence-electron chi connectivity index (χ1n) is 6.44. The molecule has 2 aromatic rings. The fourth-order valence-corrected chi connectivity index (χ4v) is 3.54. The number of benzene rings is 2. The van der Waals surface area contributed by atoms with E-state index in [4.69, 9.17) is 5.73 Å². The van der Waals surface area contributed by atoms with E-state index in [1.165, 1.54) is 5.56 Å². The van der Waals surface area contributed by atoms with E-state index in [1.54, 1.807) is 0 Å². The molecule has 100 valence electrons. The van der Waals surface area contributed by atoms with Crippen LogP contribution in [0.25, 0.3) is 0 Å². The fraction of sp³-hybridized carbons (Fsp3) is 0.250. The Hall–Kier alpha value is -1.45. The van der Waals surface area contributed by atoms with Gasteiger partial charge in [0, 0.05) is 4.90 Å². The Kier molecular flexibility index (Phi) is 4.88. The Morgan fingerprint density at radius 1 is 1.05 bits per heavy atom. The zero-order valence-corrected chi connectivity index (χ0v) is 11.9. The van der Waals surface area contributed by atoms with Crippen LogP contribution in [-0.4, -0.2) is 10.8 Å². The van der Waals surface area contributed by atoms with Crippen molar-refractivity contribution in [1.29, 1.82) is 0 Å². The van der Waals surface area contributed by atoms with Gasteiger partial charge in [0.2, 0.25) is 0 Å². The molecule has 0 aliphatic heterocycles. The van der Waals surface area contributed by atoms with E-state index in [2.05, 4.69) is 0 Å². The zero-order valence-electron chi connectivity index (χ0n) is 11.1. The van der Waals surface area contributed by atoms with E-state index in [0.29, 0.717) is 6.54 Å². The topological polar surface area (TPSA) is 43.1 Å². The summed E-state index contributed by atoms with van der Waals surface area (Å²) < 4.78 is 12.7. The summed E-state index contributed by atoms with van der Waals surface area (Å²) in [4.78, 5) is 0.868. The van der Waals surface area contributed by atoms with Gasteiger partial charge in [-0.15, -0.1) is 0 Å². The lowest BCUT2D eigenvalue weighted by Gasteiger charge is -2.16. The van der Waals surface area contributed by atoms with Crippen molar-refractivity contribution in [2.75, 3.05) is 6.54 Å². The lowest BCUT2D eigenvalue weighted by atomic mass is 10.1. The molecule has 0 saturated carbocycles. The second-order valence-electron chi connectivity index (χ2n) is 4.59. The summed E-state index contributed by atoms with van der Waals surface area (Å²) in [6, 6.07) is 17.8. The molecule has 0 amide bonds. The standard InChI is InChI=1S/C16H19NOS/c1-13-7-9-15(10-8-13)19(18)16(11-12-17)14-5-3-2-4-6-14/h2-10,16H,11-12,17H2,1H3. The fourth-order valence-electron chi connectivity index (χ4n) is 2.05. The van der Waals surface area contributed by atoms with Crippen molar-refractivity contribution in [2.45, 2.75) is 23.5 Å². The van der Waals surface area contributed by atoms with E-state index >= 15 is 0 Å². The molecule has 2 rings (SSSR count). The lowest BCUT2D eigenvalue weighted by Crippen LogP contribution is -2.12. The summed E-state index contributed by atoms with van der Waals surface area (Å²) in [7, 11) is -1.06. The van der Waals surface area contributed by atoms with Crippen LogP contribution in [0.5, 0.6) is 0 Å². The van der Waals surface area contributed by atoms with Crippen molar-refractivity contribution in [2.24, 2.45) is 5.73 Å². The average molecular weight is 273 g/mol. The predicted molar refractivity (Wildman–Crippen MR) is 80.4 cm³/mol. The molecule has 2 nitrogen and oxygen atoms in total. The molecule has 19 heavy (non-hydrogen) atoms. The van der Waals surface area contributed by atoms with Crippen LogP contribution in [-0.2, 0) is 10.8 Å². The van der Waals surface area contributed by atoms with E-state index in [-0.39, 0.29) is 5.25 Å². The Morgan fingerprint density at radius 2 is 1.68 bits per heavy atom. The van der Waals surface area contributed by atoms with Crippen LogP contribution in [0.3, 0.4) is 0 Å². The number of aryl methyl sites for hydroxylation is 1. The van der Waals surface area contributed by atoms with Crippen LogP contribution in [0.1, 0.15) is 22.8 Å². The van der Waals surface area contributed by atoms with Crippen molar-refractivity contribution in [3.8, 4) is 0 Å². The minimum atomic E-state index is -1.06. The highest BCUT2D eigenvalue weighted by molar-refractivity contribution is 7.85. The molecule has 0 radical (unpaired) electrons. The molecule has 2 N–H and O–H groups in total. The maximum absolute atomic E-state index is 12.7. The van der Waals surface area contributed by atoms with Crippen LogP contribution in [0, 0.1) is 6.92 Å². The van der Waals surface area contributed by atoms with Crippen molar-refractivity contribution in [3.63, 3.8) is 0 Å². The highest BCUT2D eigenvalue weighted by Gasteiger charge is 2.19. The third kappa shape index (κ3) is 3.52. The molecule has 0 heterocycles. The van der Waals surface area contributed by atoms with Gasteiger partial charge in [-0.05, 0) is 37.6 Å². The van der Waals surface area contributed by atoms with Crippen LogP contribution >= 0.6 is 0 Å². The van der Waals surface area contributed by atoms with Gasteiger partial charge in [0.05, 0.1) is 16.0 Å². The average Bonchev–Trinajstić information content (AvgIpc) is 2.46. The van der Waals surface area contributed by atoms with Crippen LogP contribution < -0.4 is 5.73 Å². The van der Waals surface area contributed by atoms with Crippen molar-refractivity contribution < 1.29 is 4.21 Å². The Balaban J connectivity index is 2.29. The van der Waals surface area contributed by atoms with E-state index in [1.807, 2.05) is 61.5 Å². The first-order valence-corrected chi connectivity index (χ1v) is 7.66. The monoisotopic (exact) mass is 273 g/mol. The van der Waals surface area contributed by atoms with Crippen LogP contribution in [0.15, 0.2) is 59.5 Å². The third-order valence-corrected chi connectivity index (χ3v) is 4.87. The highest BCUT2D eigenvalue weighted by atomic mass is 32.2. The molecule has 0 spiro atoms. The van der Waals surface area contributed by atoms with Gasteiger partial charge in [-0.1, -0.05) is 48.0 Å². The second kappa shape index (κ2) is 6.64. The molecule has 2 aromatic carbocycles. The van der Waals surface area contributed by atoms with E-state index in [0.717, 1.165) is 16.9 Å².